The average molecular weight is 311 g/mol. The zero-order valence-electron chi connectivity index (χ0n) is 12.7. The molecular formula is C16H23ClN2O2. The zero-order chi connectivity index (χ0) is 15.2. The van der Waals surface area contributed by atoms with E-state index in [0.717, 1.165) is 18.7 Å². The van der Waals surface area contributed by atoms with Gasteiger partial charge >= 0.3 is 0 Å². The first-order valence-corrected chi connectivity index (χ1v) is 7.67. The van der Waals surface area contributed by atoms with E-state index in [2.05, 4.69) is 4.90 Å². The molecule has 1 fully saturated rings. The Kier molecular flexibility index (Phi) is 6.03. The van der Waals surface area contributed by atoms with Crippen molar-refractivity contribution in [3.8, 4) is 0 Å². The van der Waals surface area contributed by atoms with Gasteiger partial charge in [-0.2, -0.15) is 0 Å². The first-order valence-electron chi connectivity index (χ1n) is 7.30. The van der Waals surface area contributed by atoms with E-state index in [1.54, 1.807) is 0 Å². The fourth-order valence-electron chi connectivity index (χ4n) is 2.65. The summed E-state index contributed by atoms with van der Waals surface area (Å²) in [5.74, 6) is 0.482. The van der Waals surface area contributed by atoms with Gasteiger partial charge in [0.05, 0.1) is 19.6 Å². The molecule has 1 saturated heterocycles. The van der Waals surface area contributed by atoms with E-state index < -0.39 is 0 Å². The predicted molar refractivity (Wildman–Crippen MR) is 84.6 cm³/mol. The molecule has 1 aliphatic rings. The minimum absolute atomic E-state index is 0.123. The summed E-state index contributed by atoms with van der Waals surface area (Å²) in [7, 11) is 4.08. The molecule has 116 valence electrons. The molecule has 1 atom stereocenters. The Hall–Kier alpha value is -1.10. The molecule has 0 spiro atoms. The maximum absolute atomic E-state index is 12.5. The minimum Gasteiger partial charge on any atom is -0.379 e. The smallest absolute Gasteiger partial charge is 0.227 e. The predicted octanol–water partition coefficient (Wildman–Crippen LogP) is 1.92. The molecule has 2 rings (SSSR count). The van der Waals surface area contributed by atoms with Crippen LogP contribution in [-0.4, -0.2) is 62.7 Å². The Bertz CT molecular complexity index is 479. The quantitative estimate of drug-likeness (QED) is 0.852. The molecular weight excluding hydrogens is 288 g/mol. The van der Waals surface area contributed by atoms with Crippen molar-refractivity contribution >= 4 is 17.5 Å². The van der Waals surface area contributed by atoms with Gasteiger partial charge in [0.15, 0.2) is 0 Å². The lowest BCUT2D eigenvalue weighted by Crippen LogP contribution is -2.39. The third-order valence-corrected chi connectivity index (χ3v) is 3.98. The van der Waals surface area contributed by atoms with Crippen LogP contribution in [0.1, 0.15) is 5.56 Å². The van der Waals surface area contributed by atoms with Crippen molar-refractivity contribution in [2.24, 2.45) is 5.92 Å². The van der Waals surface area contributed by atoms with E-state index in [9.17, 15) is 4.79 Å². The number of hydrogen-bond donors (Lipinski definition) is 0. The largest absolute Gasteiger partial charge is 0.379 e. The van der Waals surface area contributed by atoms with Gasteiger partial charge in [-0.3, -0.25) is 4.79 Å². The van der Waals surface area contributed by atoms with Gasteiger partial charge in [0.1, 0.15) is 0 Å². The molecule has 0 radical (unpaired) electrons. The SMILES string of the molecule is CN(C)CC1COCCN(C(=O)Cc2ccccc2Cl)C1. The number of halogens is 1. The maximum atomic E-state index is 12.5. The highest BCUT2D eigenvalue weighted by Crippen LogP contribution is 2.17. The number of amides is 1. The Morgan fingerprint density at radius 1 is 1.43 bits per heavy atom. The lowest BCUT2D eigenvalue weighted by atomic mass is 10.1. The second-order valence-corrected chi connectivity index (χ2v) is 6.22. The van der Waals surface area contributed by atoms with Crippen LogP contribution in [0.15, 0.2) is 24.3 Å². The Morgan fingerprint density at radius 3 is 2.90 bits per heavy atom. The van der Waals surface area contributed by atoms with Crippen molar-refractivity contribution < 1.29 is 9.53 Å². The van der Waals surface area contributed by atoms with Gasteiger partial charge in [0.2, 0.25) is 5.91 Å². The van der Waals surface area contributed by atoms with Gasteiger partial charge in [0, 0.05) is 30.6 Å². The van der Waals surface area contributed by atoms with Crippen LogP contribution in [0.4, 0.5) is 0 Å². The lowest BCUT2D eigenvalue weighted by molar-refractivity contribution is -0.130. The fraction of sp³-hybridized carbons (Fsp3) is 0.562. The number of hydrogen-bond acceptors (Lipinski definition) is 3. The molecule has 1 unspecified atom stereocenters. The summed E-state index contributed by atoms with van der Waals surface area (Å²) in [5, 5.41) is 0.654. The molecule has 0 saturated carbocycles. The van der Waals surface area contributed by atoms with Gasteiger partial charge < -0.3 is 14.5 Å². The highest BCUT2D eigenvalue weighted by molar-refractivity contribution is 6.31. The molecule has 1 heterocycles. The Labute approximate surface area is 131 Å². The topological polar surface area (TPSA) is 32.8 Å². The molecule has 0 N–H and O–H groups in total. The van der Waals surface area contributed by atoms with Crippen molar-refractivity contribution in [3.05, 3.63) is 34.9 Å². The van der Waals surface area contributed by atoms with E-state index in [0.29, 0.717) is 37.1 Å². The van der Waals surface area contributed by atoms with Crippen molar-refractivity contribution in [1.82, 2.24) is 9.80 Å². The van der Waals surface area contributed by atoms with Crippen molar-refractivity contribution in [3.63, 3.8) is 0 Å². The molecule has 21 heavy (non-hydrogen) atoms. The summed E-state index contributed by atoms with van der Waals surface area (Å²) in [6.07, 6.45) is 0.356. The van der Waals surface area contributed by atoms with Crippen LogP contribution in [0.3, 0.4) is 0 Å². The summed E-state index contributed by atoms with van der Waals surface area (Å²) in [5.41, 5.74) is 0.887. The fourth-order valence-corrected chi connectivity index (χ4v) is 2.85. The third-order valence-electron chi connectivity index (χ3n) is 3.61. The van der Waals surface area contributed by atoms with E-state index in [4.69, 9.17) is 16.3 Å². The molecule has 0 aromatic heterocycles. The molecule has 0 aliphatic carbocycles. The molecule has 1 amide bonds. The Balaban J connectivity index is 1.98. The molecule has 0 bridgehead atoms. The summed E-state index contributed by atoms with van der Waals surface area (Å²) in [6.45, 7) is 3.66. The standard InChI is InChI=1S/C16H23ClN2O2/c1-18(2)10-13-11-19(7-8-21-12-13)16(20)9-14-5-3-4-6-15(14)17/h3-6,13H,7-12H2,1-2H3. The van der Waals surface area contributed by atoms with Crippen molar-refractivity contribution in [1.29, 1.82) is 0 Å². The van der Waals surface area contributed by atoms with Gasteiger partial charge in [0.25, 0.3) is 0 Å². The monoisotopic (exact) mass is 310 g/mol. The first-order chi connectivity index (χ1) is 10.1. The lowest BCUT2D eigenvalue weighted by Gasteiger charge is -2.25. The highest BCUT2D eigenvalue weighted by atomic mass is 35.5. The normalized spacial score (nSPS) is 19.6. The maximum Gasteiger partial charge on any atom is 0.227 e. The van der Waals surface area contributed by atoms with E-state index in [-0.39, 0.29) is 5.91 Å². The van der Waals surface area contributed by atoms with Crippen molar-refractivity contribution in [2.45, 2.75) is 6.42 Å². The van der Waals surface area contributed by atoms with Crippen molar-refractivity contribution in [2.75, 3.05) is 46.9 Å². The number of rotatable bonds is 4. The molecule has 5 heteroatoms. The van der Waals surface area contributed by atoms with Gasteiger partial charge in [-0.1, -0.05) is 29.8 Å². The van der Waals surface area contributed by atoms with Crippen LogP contribution in [0.25, 0.3) is 0 Å². The van der Waals surface area contributed by atoms with Crippen LogP contribution in [-0.2, 0) is 16.0 Å². The molecule has 1 aliphatic heterocycles. The molecule has 1 aromatic rings. The summed E-state index contributed by atoms with van der Waals surface area (Å²) >= 11 is 6.13. The number of carbonyl (C=O) groups excluding carboxylic acids is 1. The Morgan fingerprint density at radius 2 is 2.19 bits per heavy atom. The van der Waals surface area contributed by atoms with Crippen LogP contribution in [0.5, 0.6) is 0 Å². The second-order valence-electron chi connectivity index (χ2n) is 5.81. The number of nitrogens with zero attached hydrogens (tertiary/aromatic N) is 2. The van der Waals surface area contributed by atoms with Crippen LogP contribution in [0.2, 0.25) is 5.02 Å². The molecule has 4 nitrogen and oxygen atoms in total. The van der Waals surface area contributed by atoms with Crippen LogP contribution in [0, 0.1) is 5.92 Å². The number of benzene rings is 1. The van der Waals surface area contributed by atoms with Gasteiger partial charge in [-0.25, -0.2) is 0 Å². The summed E-state index contributed by atoms with van der Waals surface area (Å²) < 4.78 is 5.62. The van der Waals surface area contributed by atoms with E-state index in [1.807, 2.05) is 43.3 Å². The van der Waals surface area contributed by atoms with Crippen LogP contribution >= 0.6 is 11.6 Å². The minimum atomic E-state index is 0.123. The van der Waals surface area contributed by atoms with Gasteiger partial charge in [-0.05, 0) is 25.7 Å². The summed E-state index contributed by atoms with van der Waals surface area (Å²) in [4.78, 5) is 16.5. The zero-order valence-corrected chi connectivity index (χ0v) is 13.5. The first kappa shape index (κ1) is 16.3. The third kappa shape index (κ3) is 4.99. The average Bonchev–Trinajstić information content (AvgIpc) is 2.66. The second kappa shape index (κ2) is 7.78. The molecule has 1 aromatic carbocycles. The van der Waals surface area contributed by atoms with E-state index >= 15 is 0 Å². The summed E-state index contributed by atoms with van der Waals surface area (Å²) in [6, 6.07) is 7.52. The number of carbonyl (C=O) groups is 1. The van der Waals surface area contributed by atoms with Gasteiger partial charge in [-0.15, -0.1) is 0 Å². The van der Waals surface area contributed by atoms with E-state index in [1.165, 1.54) is 0 Å². The number of ether oxygens (including phenoxy) is 1. The highest BCUT2D eigenvalue weighted by Gasteiger charge is 2.23. The van der Waals surface area contributed by atoms with Crippen LogP contribution < -0.4 is 0 Å².